The number of alkyl halides is 5. The average Bonchev–Trinajstić information content (AvgIpc) is 3.09. The van der Waals surface area contributed by atoms with Gasteiger partial charge in [0.05, 0.1) is 29.3 Å². The van der Waals surface area contributed by atoms with Crippen molar-refractivity contribution >= 4 is 16.8 Å². The normalized spacial score (nSPS) is 12.2. The zero-order chi connectivity index (χ0) is 21.9. The first-order chi connectivity index (χ1) is 14.1. The number of fused-ring (bicyclic) bond motifs is 1. The number of carbonyl (C=O) groups excluding carboxylic acids is 1. The predicted octanol–water partition coefficient (Wildman–Crippen LogP) is 3.20. The minimum Gasteiger partial charge on any atom is -0.485 e. The summed E-state index contributed by atoms with van der Waals surface area (Å²) in [6.07, 6.45) is -1.56. The van der Waals surface area contributed by atoms with Crippen LogP contribution in [-0.2, 0) is 6.54 Å². The molecule has 12 heteroatoms. The van der Waals surface area contributed by atoms with Crippen molar-refractivity contribution in [3.8, 4) is 5.75 Å². The summed E-state index contributed by atoms with van der Waals surface area (Å²) in [5.74, 6) is -5.52. The van der Waals surface area contributed by atoms with E-state index < -0.39 is 18.7 Å². The molecule has 0 aromatic carbocycles. The molecule has 1 N–H and O–H groups in total. The van der Waals surface area contributed by atoms with Crippen molar-refractivity contribution in [1.82, 2.24) is 25.1 Å². The summed E-state index contributed by atoms with van der Waals surface area (Å²) in [5, 5.41) is 7.53. The number of nitrogens with one attached hydrogen (secondary N) is 1. The molecule has 0 saturated heterocycles. The van der Waals surface area contributed by atoms with Crippen LogP contribution in [0.25, 0.3) is 10.9 Å². The third-order valence-corrected chi connectivity index (χ3v) is 3.99. The molecule has 0 aliphatic rings. The Balaban J connectivity index is 1.71. The molecular weight excluding hydrogens is 413 g/mol. The Morgan fingerprint density at radius 2 is 1.93 bits per heavy atom. The van der Waals surface area contributed by atoms with Gasteiger partial charge in [-0.2, -0.15) is 27.1 Å². The van der Waals surface area contributed by atoms with Crippen LogP contribution < -0.4 is 10.1 Å². The number of aromatic nitrogens is 4. The minimum absolute atomic E-state index is 0.169. The summed E-state index contributed by atoms with van der Waals surface area (Å²) in [6.45, 7) is 0.559. The van der Waals surface area contributed by atoms with E-state index in [2.05, 4.69) is 25.1 Å². The predicted molar refractivity (Wildman–Crippen MR) is 95.4 cm³/mol. The highest BCUT2D eigenvalue weighted by Gasteiger charge is 2.58. The maximum Gasteiger partial charge on any atom is 0.456 e. The van der Waals surface area contributed by atoms with Crippen molar-refractivity contribution in [3.63, 3.8) is 0 Å². The van der Waals surface area contributed by atoms with E-state index in [9.17, 15) is 26.7 Å². The highest BCUT2D eigenvalue weighted by molar-refractivity contribution is 6.04. The molecule has 30 heavy (non-hydrogen) atoms. The van der Waals surface area contributed by atoms with Crippen molar-refractivity contribution in [3.05, 3.63) is 48.2 Å². The second kappa shape index (κ2) is 8.20. The number of pyridine rings is 2. The fourth-order valence-electron chi connectivity index (χ4n) is 2.51. The van der Waals surface area contributed by atoms with Crippen LogP contribution in [0.3, 0.4) is 0 Å². The quantitative estimate of drug-likeness (QED) is 0.584. The van der Waals surface area contributed by atoms with Crippen LogP contribution in [0, 0.1) is 0 Å². The topological polar surface area (TPSA) is 81.9 Å². The molecule has 3 aromatic rings. The molecular formula is C18H16F5N5O2. The van der Waals surface area contributed by atoms with Crippen LogP contribution in [0.4, 0.5) is 22.0 Å². The van der Waals surface area contributed by atoms with Gasteiger partial charge in [-0.15, -0.1) is 0 Å². The number of nitrogens with zero attached hydrogens (tertiary/aromatic N) is 4. The van der Waals surface area contributed by atoms with Gasteiger partial charge >= 0.3 is 12.1 Å². The highest BCUT2D eigenvalue weighted by atomic mass is 19.4. The standard InChI is InChI=1S/C18H16F5N5O2/c1-2-24-16(29)15-13-9-28(27-14(13)5-6-25-15)8-11-3-4-12(7-26-11)30-10-17(19,20)18(21,22)23/h3-7,9H,2,8,10H2,1H3,(H,24,29). The second-order valence-corrected chi connectivity index (χ2v) is 6.25. The Hall–Kier alpha value is -3.31. The largest absolute Gasteiger partial charge is 0.485 e. The van der Waals surface area contributed by atoms with Crippen LogP contribution in [-0.4, -0.2) is 50.9 Å². The maximum atomic E-state index is 12.9. The Labute approximate surface area is 166 Å². The minimum atomic E-state index is -5.69. The zero-order valence-corrected chi connectivity index (χ0v) is 15.6. The summed E-state index contributed by atoms with van der Waals surface area (Å²) < 4.78 is 68.3. The van der Waals surface area contributed by atoms with Crippen LogP contribution in [0.1, 0.15) is 23.1 Å². The van der Waals surface area contributed by atoms with Gasteiger partial charge in [-0.25, -0.2) is 0 Å². The number of amides is 1. The summed E-state index contributed by atoms with van der Waals surface area (Å²) >= 11 is 0. The molecule has 0 radical (unpaired) electrons. The molecule has 0 spiro atoms. The van der Waals surface area contributed by atoms with E-state index in [0.717, 1.165) is 6.20 Å². The summed E-state index contributed by atoms with van der Waals surface area (Å²) in [6, 6.07) is 4.29. The van der Waals surface area contributed by atoms with Gasteiger partial charge in [-0.1, -0.05) is 0 Å². The van der Waals surface area contributed by atoms with Crippen LogP contribution in [0.15, 0.2) is 36.8 Å². The molecule has 0 atom stereocenters. The molecule has 0 fully saturated rings. The first-order valence-corrected chi connectivity index (χ1v) is 8.73. The first-order valence-electron chi connectivity index (χ1n) is 8.73. The summed E-state index contributed by atoms with van der Waals surface area (Å²) in [5.41, 5.74) is 1.22. The van der Waals surface area contributed by atoms with Crippen molar-refractivity contribution in [2.24, 2.45) is 0 Å². The first kappa shape index (κ1) is 21.4. The van der Waals surface area contributed by atoms with Gasteiger partial charge in [0.15, 0.2) is 6.61 Å². The van der Waals surface area contributed by atoms with E-state index in [1.165, 1.54) is 23.0 Å². The molecule has 1 amide bonds. The van der Waals surface area contributed by atoms with E-state index >= 15 is 0 Å². The number of rotatable bonds is 7. The third-order valence-electron chi connectivity index (χ3n) is 3.99. The van der Waals surface area contributed by atoms with Crippen LogP contribution >= 0.6 is 0 Å². The summed E-state index contributed by atoms with van der Waals surface area (Å²) in [4.78, 5) is 20.2. The van der Waals surface area contributed by atoms with Crippen LogP contribution in [0.2, 0.25) is 0 Å². The van der Waals surface area contributed by atoms with Gasteiger partial charge in [0, 0.05) is 18.9 Å². The highest BCUT2D eigenvalue weighted by Crippen LogP contribution is 2.35. The van der Waals surface area contributed by atoms with Crippen molar-refractivity contribution in [1.29, 1.82) is 0 Å². The molecule has 3 rings (SSSR count). The smallest absolute Gasteiger partial charge is 0.456 e. The number of hydrogen-bond donors (Lipinski definition) is 1. The lowest BCUT2D eigenvalue weighted by atomic mass is 10.2. The number of hydrogen-bond acceptors (Lipinski definition) is 5. The lowest BCUT2D eigenvalue weighted by Crippen LogP contribution is -2.41. The molecule has 7 nitrogen and oxygen atoms in total. The molecule has 3 heterocycles. The van der Waals surface area contributed by atoms with E-state index in [0.29, 0.717) is 23.1 Å². The van der Waals surface area contributed by atoms with Gasteiger partial charge in [-0.3, -0.25) is 19.4 Å². The second-order valence-electron chi connectivity index (χ2n) is 6.25. The van der Waals surface area contributed by atoms with Crippen LogP contribution in [0.5, 0.6) is 5.75 Å². The molecule has 160 valence electrons. The Bertz CT molecular complexity index is 1030. The molecule has 0 aliphatic heterocycles. The Morgan fingerprint density at radius 3 is 2.57 bits per heavy atom. The fourth-order valence-corrected chi connectivity index (χ4v) is 2.51. The lowest BCUT2D eigenvalue weighted by molar-refractivity contribution is -0.290. The number of carbonyl (C=O) groups is 1. The number of halogens is 5. The molecule has 0 unspecified atom stereocenters. The van der Waals surface area contributed by atoms with Crippen molar-refractivity contribution in [2.75, 3.05) is 13.2 Å². The molecule has 0 bridgehead atoms. The Morgan fingerprint density at radius 1 is 1.17 bits per heavy atom. The van der Waals surface area contributed by atoms with Gasteiger partial charge in [0.2, 0.25) is 0 Å². The van der Waals surface area contributed by atoms with E-state index in [1.807, 2.05) is 0 Å². The van der Waals surface area contributed by atoms with Gasteiger partial charge in [-0.05, 0) is 25.1 Å². The number of ether oxygens (including phenoxy) is 1. The fraction of sp³-hybridized carbons (Fsp3) is 0.333. The van der Waals surface area contributed by atoms with Crippen molar-refractivity contribution < 1.29 is 31.5 Å². The lowest BCUT2D eigenvalue weighted by Gasteiger charge is -2.19. The van der Waals surface area contributed by atoms with Crippen molar-refractivity contribution in [2.45, 2.75) is 25.6 Å². The molecule has 0 aliphatic carbocycles. The SMILES string of the molecule is CCNC(=O)c1nccc2nn(Cc3ccc(OCC(F)(F)C(F)(F)F)cn3)cc12. The van der Waals surface area contributed by atoms with E-state index in [-0.39, 0.29) is 23.9 Å². The van der Waals surface area contributed by atoms with Gasteiger partial charge in [0.25, 0.3) is 5.91 Å². The van der Waals surface area contributed by atoms with E-state index in [1.54, 1.807) is 19.2 Å². The molecule has 0 saturated carbocycles. The summed E-state index contributed by atoms with van der Waals surface area (Å²) in [7, 11) is 0. The third kappa shape index (κ3) is 4.63. The van der Waals surface area contributed by atoms with E-state index in [4.69, 9.17) is 0 Å². The zero-order valence-electron chi connectivity index (χ0n) is 15.6. The molecule has 3 aromatic heterocycles. The van der Waals surface area contributed by atoms with Gasteiger partial charge in [0.1, 0.15) is 11.4 Å². The maximum absolute atomic E-state index is 12.9. The Kier molecular flexibility index (Phi) is 5.85. The average molecular weight is 429 g/mol. The monoisotopic (exact) mass is 429 g/mol. The van der Waals surface area contributed by atoms with Gasteiger partial charge < -0.3 is 10.1 Å².